The van der Waals surface area contributed by atoms with E-state index in [1.165, 1.54) is 0 Å². The molecule has 108 valence electrons. The van der Waals surface area contributed by atoms with Crippen LogP contribution in [0.3, 0.4) is 0 Å². The zero-order chi connectivity index (χ0) is 14.7. The zero-order valence-corrected chi connectivity index (χ0v) is 12.6. The van der Waals surface area contributed by atoms with Gasteiger partial charge in [-0.1, -0.05) is 13.8 Å². The van der Waals surface area contributed by atoms with Gasteiger partial charge in [0, 0.05) is 11.9 Å². The predicted molar refractivity (Wildman–Crippen MR) is 78.0 cm³/mol. The van der Waals surface area contributed by atoms with E-state index in [1.54, 1.807) is 0 Å². The summed E-state index contributed by atoms with van der Waals surface area (Å²) >= 11 is 0. The molecule has 0 fully saturated rings. The molecule has 2 rings (SSSR count). The Hall–Kier alpha value is -1.91. The first-order chi connectivity index (χ1) is 9.60. The highest BCUT2D eigenvalue weighted by atomic mass is 16.1. The van der Waals surface area contributed by atoms with Gasteiger partial charge in [-0.25, -0.2) is 0 Å². The maximum Gasteiger partial charge on any atom is 0.153 e. The highest BCUT2D eigenvalue weighted by Gasteiger charge is 2.13. The minimum absolute atomic E-state index is 0.453. The number of hydrogen-bond acceptors (Lipinski definition) is 3. The Balaban J connectivity index is 2.21. The molecule has 0 saturated carbocycles. The normalized spacial score (nSPS) is 11.2. The Morgan fingerprint density at radius 2 is 1.95 bits per heavy atom. The van der Waals surface area contributed by atoms with E-state index >= 15 is 0 Å². The van der Waals surface area contributed by atoms with E-state index in [0.29, 0.717) is 18.2 Å². The summed E-state index contributed by atoms with van der Waals surface area (Å²) in [6.07, 6.45) is 5.05. The summed E-state index contributed by atoms with van der Waals surface area (Å²) in [5.74, 6) is 0. The number of aryl methyl sites for hydroxylation is 1. The zero-order valence-electron chi connectivity index (χ0n) is 12.6. The summed E-state index contributed by atoms with van der Waals surface area (Å²) in [7, 11) is 0. The monoisotopic (exact) mass is 274 g/mol. The Morgan fingerprint density at radius 1 is 1.25 bits per heavy atom. The van der Waals surface area contributed by atoms with E-state index < -0.39 is 0 Å². The molecule has 2 aromatic heterocycles. The third-order valence-electron chi connectivity index (χ3n) is 3.85. The first-order valence-electron chi connectivity index (χ1n) is 7.13. The van der Waals surface area contributed by atoms with Crippen LogP contribution < -0.4 is 0 Å². The summed E-state index contributed by atoms with van der Waals surface area (Å²) in [4.78, 5) is 11.0. The lowest BCUT2D eigenvalue weighted by atomic mass is 10.2. The van der Waals surface area contributed by atoms with Gasteiger partial charge in [-0.05, 0) is 32.8 Å². The van der Waals surface area contributed by atoms with Crippen LogP contribution in [0.25, 0.3) is 0 Å². The van der Waals surface area contributed by atoms with Gasteiger partial charge < -0.3 is 0 Å². The van der Waals surface area contributed by atoms with E-state index in [-0.39, 0.29) is 0 Å². The van der Waals surface area contributed by atoms with Crippen molar-refractivity contribution in [3.63, 3.8) is 0 Å². The van der Waals surface area contributed by atoms with Crippen molar-refractivity contribution in [1.82, 2.24) is 19.6 Å². The molecule has 20 heavy (non-hydrogen) atoms. The lowest BCUT2D eigenvalue weighted by Gasteiger charge is -2.12. The highest BCUT2D eigenvalue weighted by Crippen LogP contribution is 2.16. The van der Waals surface area contributed by atoms with Gasteiger partial charge in [0.25, 0.3) is 0 Å². The molecule has 0 radical (unpaired) electrons. The number of carbonyl (C=O) groups is 1. The second kappa shape index (κ2) is 6.03. The average Bonchev–Trinajstić information content (AvgIpc) is 2.98. The van der Waals surface area contributed by atoms with Crippen molar-refractivity contribution < 1.29 is 4.79 Å². The molecule has 0 amide bonds. The number of carbonyl (C=O) groups excluding carboxylic acids is 1. The minimum atomic E-state index is 0.453. The average molecular weight is 274 g/mol. The smallest absolute Gasteiger partial charge is 0.153 e. The second-order valence-corrected chi connectivity index (χ2v) is 5.12. The third kappa shape index (κ3) is 2.66. The van der Waals surface area contributed by atoms with Gasteiger partial charge in [0.15, 0.2) is 6.29 Å². The second-order valence-electron chi connectivity index (χ2n) is 5.12. The molecule has 0 atom stereocenters. The third-order valence-corrected chi connectivity index (χ3v) is 3.85. The molecule has 0 spiro atoms. The topological polar surface area (TPSA) is 52.7 Å². The van der Waals surface area contributed by atoms with Crippen LogP contribution in [0.15, 0.2) is 12.3 Å². The fourth-order valence-electron chi connectivity index (χ4n) is 2.52. The first kappa shape index (κ1) is 14.5. The molecular weight excluding hydrogens is 252 g/mol. The Kier molecular flexibility index (Phi) is 4.37. The van der Waals surface area contributed by atoms with Crippen molar-refractivity contribution in [2.45, 2.75) is 53.1 Å². The van der Waals surface area contributed by atoms with Crippen LogP contribution in [-0.4, -0.2) is 25.8 Å². The van der Waals surface area contributed by atoms with Gasteiger partial charge in [-0.15, -0.1) is 0 Å². The molecule has 5 nitrogen and oxygen atoms in total. The summed E-state index contributed by atoms with van der Waals surface area (Å²) in [5, 5.41) is 9.03. The van der Waals surface area contributed by atoms with Crippen molar-refractivity contribution in [3.8, 4) is 0 Å². The van der Waals surface area contributed by atoms with Crippen LogP contribution in [0, 0.1) is 13.8 Å². The Labute approximate surface area is 119 Å². The van der Waals surface area contributed by atoms with Gasteiger partial charge in [-0.3, -0.25) is 14.2 Å². The fourth-order valence-corrected chi connectivity index (χ4v) is 2.52. The SMILES string of the molecule is CCC(CC)n1ccc(Cn2nc(C)c(C=O)c2C)n1. The summed E-state index contributed by atoms with van der Waals surface area (Å²) in [6.45, 7) is 8.73. The summed E-state index contributed by atoms with van der Waals surface area (Å²) < 4.78 is 3.88. The molecule has 0 aliphatic rings. The molecule has 0 bridgehead atoms. The van der Waals surface area contributed by atoms with Gasteiger partial charge in [-0.2, -0.15) is 10.2 Å². The molecule has 0 saturated heterocycles. The van der Waals surface area contributed by atoms with Crippen LogP contribution in [-0.2, 0) is 6.54 Å². The van der Waals surface area contributed by atoms with Crippen LogP contribution in [0.1, 0.15) is 60.2 Å². The van der Waals surface area contributed by atoms with Gasteiger partial charge >= 0.3 is 0 Å². The molecule has 5 heteroatoms. The van der Waals surface area contributed by atoms with Crippen LogP contribution in [0.2, 0.25) is 0 Å². The van der Waals surface area contributed by atoms with Crippen molar-refractivity contribution in [2.75, 3.05) is 0 Å². The Morgan fingerprint density at radius 3 is 2.50 bits per heavy atom. The number of nitrogens with zero attached hydrogens (tertiary/aromatic N) is 4. The standard InChI is InChI=1S/C15H22N4O/c1-5-14(6-2)18-8-7-13(17-18)9-19-12(4)15(10-20)11(3)16-19/h7-8,10,14H,5-6,9H2,1-4H3. The van der Waals surface area contributed by atoms with E-state index in [9.17, 15) is 4.79 Å². The number of rotatable bonds is 6. The Bertz CT molecular complexity index is 593. The van der Waals surface area contributed by atoms with Crippen LogP contribution >= 0.6 is 0 Å². The molecular formula is C15H22N4O. The van der Waals surface area contributed by atoms with Crippen molar-refractivity contribution in [1.29, 1.82) is 0 Å². The van der Waals surface area contributed by atoms with Crippen LogP contribution in [0.4, 0.5) is 0 Å². The highest BCUT2D eigenvalue weighted by molar-refractivity contribution is 5.78. The minimum Gasteiger partial charge on any atom is -0.298 e. The fraction of sp³-hybridized carbons (Fsp3) is 0.533. The number of aldehydes is 1. The summed E-state index contributed by atoms with van der Waals surface area (Å²) in [5.41, 5.74) is 3.33. The van der Waals surface area contributed by atoms with Gasteiger partial charge in [0.1, 0.15) is 0 Å². The maximum absolute atomic E-state index is 11.0. The first-order valence-corrected chi connectivity index (χ1v) is 7.13. The van der Waals surface area contributed by atoms with Gasteiger partial charge in [0.2, 0.25) is 0 Å². The molecule has 0 aromatic carbocycles. The van der Waals surface area contributed by atoms with E-state index in [4.69, 9.17) is 0 Å². The van der Waals surface area contributed by atoms with E-state index in [1.807, 2.05) is 35.5 Å². The molecule has 0 aliphatic heterocycles. The molecule has 0 aliphatic carbocycles. The molecule has 2 heterocycles. The van der Waals surface area contributed by atoms with Crippen molar-refractivity contribution in [3.05, 3.63) is 34.9 Å². The molecule has 0 unspecified atom stereocenters. The maximum atomic E-state index is 11.0. The molecule has 2 aromatic rings. The van der Waals surface area contributed by atoms with Crippen molar-refractivity contribution in [2.24, 2.45) is 0 Å². The van der Waals surface area contributed by atoms with Gasteiger partial charge in [0.05, 0.1) is 29.5 Å². The largest absolute Gasteiger partial charge is 0.298 e. The quantitative estimate of drug-likeness (QED) is 0.761. The van der Waals surface area contributed by atoms with Crippen LogP contribution in [0.5, 0.6) is 0 Å². The lowest BCUT2D eigenvalue weighted by molar-refractivity contribution is 0.112. The number of hydrogen-bond donors (Lipinski definition) is 0. The summed E-state index contributed by atoms with van der Waals surface area (Å²) in [6, 6.07) is 2.48. The predicted octanol–water partition coefficient (Wildman–Crippen LogP) is 2.92. The van der Waals surface area contributed by atoms with E-state index in [2.05, 4.69) is 24.0 Å². The molecule has 0 N–H and O–H groups in total. The van der Waals surface area contributed by atoms with E-state index in [0.717, 1.165) is 36.2 Å². The lowest BCUT2D eigenvalue weighted by Crippen LogP contribution is -2.10. The number of aromatic nitrogens is 4. The van der Waals surface area contributed by atoms with Crippen molar-refractivity contribution >= 4 is 6.29 Å².